The van der Waals surface area contributed by atoms with Gasteiger partial charge in [-0.15, -0.1) is 6.58 Å². The summed E-state index contributed by atoms with van der Waals surface area (Å²) in [4.78, 5) is 2.52. The van der Waals surface area contributed by atoms with Crippen LogP contribution in [0.4, 0.5) is 0 Å². The van der Waals surface area contributed by atoms with E-state index in [-0.39, 0.29) is 12.0 Å². The van der Waals surface area contributed by atoms with Gasteiger partial charge in [0.15, 0.2) is 0 Å². The molecule has 3 heteroatoms. The first-order chi connectivity index (χ1) is 12.6. The van der Waals surface area contributed by atoms with Gasteiger partial charge in [0.2, 0.25) is 0 Å². The zero-order valence-electron chi connectivity index (χ0n) is 16.3. The second-order valence-electron chi connectivity index (χ2n) is 8.50. The molecular formula is C23H35NO2. The van der Waals surface area contributed by atoms with Gasteiger partial charge in [0.1, 0.15) is 0 Å². The van der Waals surface area contributed by atoms with E-state index in [2.05, 4.69) is 43.2 Å². The van der Waals surface area contributed by atoms with E-state index in [0.717, 1.165) is 58.5 Å². The molecule has 1 heterocycles. The van der Waals surface area contributed by atoms with Crippen LogP contribution in [-0.4, -0.2) is 49.5 Å². The van der Waals surface area contributed by atoms with Gasteiger partial charge >= 0.3 is 0 Å². The van der Waals surface area contributed by atoms with Crippen molar-refractivity contribution in [2.75, 3.05) is 39.5 Å². The fourth-order valence-electron chi connectivity index (χ4n) is 4.87. The maximum Gasteiger partial charge on any atom is 0.0594 e. The van der Waals surface area contributed by atoms with Crippen LogP contribution in [0.25, 0.3) is 0 Å². The van der Waals surface area contributed by atoms with E-state index in [1.807, 2.05) is 6.08 Å². The highest BCUT2D eigenvalue weighted by Gasteiger charge is 2.40. The molecule has 1 saturated carbocycles. The van der Waals surface area contributed by atoms with E-state index in [9.17, 15) is 5.11 Å². The van der Waals surface area contributed by atoms with Crippen LogP contribution in [0.2, 0.25) is 0 Å². The number of aliphatic hydroxyl groups excluding tert-OH is 1. The summed E-state index contributed by atoms with van der Waals surface area (Å²) in [5.41, 5.74) is 2.58. The summed E-state index contributed by atoms with van der Waals surface area (Å²) in [6.07, 6.45) is 13.4. The summed E-state index contributed by atoms with van der Waals surface area (Å²) < 4.78 is 5.45. The van der Waals surface area contributed by atoms with Gasteiger partial charge in [0.25, 0.3) is 0 Å². The van der Waals surface area contributed by atoms with Gasteiger partial charge in [-0.2, -0.15) is 0 Å². The standard InChI is InChI=1S/C23H35NO2/c1-4-23(17-25)10-9-21(18(2)3)22(15-23)20-7-5-19(6-8-20)16-24-11-13-26-14-12-24/h4-5,7-8,19,21-22,25H,1-2,6,9-17H2,3H3/t19?,21-,22-,23-/m0/s1. The fraction of sp³-hybridized carbons (Fsp3) is 0.652. The van der Waals surface area contributed by atoms with Crippen molar-refractivity contribution < 1.29 is 9.84 Å². The van der Waals surface area contributed by atoms with Crippen LogP contribution in [0.5, 0.6) is 0 Å². The lowest BCUT2D eigenvalue weighted by molar-refractivity contribution is 0.0334. The third-order valence-electron chi connectivity index (χ3n) is 6.69. The first-order valence-corrected chi connectivity index (χ1v) is 10.1. The molecular weight excluding hydrogens is 322 g/mol. The molecule has 1 aliphatic heterocycles. The molecule has 0 aromatic carbocycles. The first kappa shape index (κ1) is 19.6. The van der Waals surface area contributed by atoms with E-state index in [1.165, 1.54) is 11.1 Å². The Bertz CT molecular complexity index is 573. The van der Waals surface area contributed by atoms with E-state index in [0.29, 0.717) is 17.8 Å². The largest absolute Gasteiger partial charge is 0.395 e. The van der Waals surface area contributed by atoms with E-state index >= 15 is 0 Å². The molecule has 0 amide bonds. The first-order valence-electron chi connectivity index (χ1n) is 10.1. The number of morpholine rings is 1. The van der Waals surface area contributed by atoms with Crippen LogP contribution < -0.4 is 0 Å². The van der Waals surface area contributed by atoms with Crippen molar-refractivity contribution in [2.45, 2.75) is 32.6 Å². The maximum atomic E-state index is 9.96. The van der Waals surface area contributed by atoms with E-state index in [1.54, 1.807) is 0 Å². The Morgan fingerprint density at radius 3 is 2.77 bits per heavy atom. The molecule has 3 nitrogen and oxygen atoms in total. The van der Waals surface area contributed by atoms with Gasteiger partial charge in [-0.1, -0.05) is 36.5 Å². The van der Waals surface area contributed by atoms with Crippen molar-refractivity contribution in [3.63, 3.8) is 0 Å². The molecule has 2 fully saturated rings. The molecule has 2 aliphatic carbocycles. The summed E-state index contributed by atoms with van der Waals surface area (Å²) in [5.74, 6) is 1.57. The normalized spacial score (nSPS) is 35.8. The lowest BCUT2D eigenvalue weighted by atomic mass is 9.61. The minimum absolute atomic E-state index is 0.129. The zero-order valence-corrected chi connectivity index (χ0v) is 16.3. The second-order valence-corrected chi connectivity index (χ2v) is 8.50. The number of rotatable bonds is 6. The number of allylic oxidation sites excluding steroid dienone is 4. The van der Waals surface area contributed by atoms with Gasteiger partial charge in [-0.05, 0) is 55.9 Å². The van der Waals surface area contributed by atoms with Crippen molar-refractivity contribution in [3.05, 3.63) is 48.6 Å². The maximum absolute atomic E-state index is 9.96. The third-order valence-corrected chi connectivity index (χ3v) is 6.69. The average Bonchev–Trinajstić information content (AvgIpc) is 2.69. The minimum Gasteiger partial charge on any atom is -0.395 e. The van der Waals surface area contributed by atoms with Crippen LogP contribution >= 0.6 is 0 Å². The molecule has 4 atom stereocenters. The van der Waals surface area contributed by atoms with Gasteiger partial charge < -0.3 is 9.84 Å². The number of nitrogens with zero attached hydrogens (tertiary/aromatic N) is 1. The predicted molar refractivity (Wildman–Crippen MR) is 108 cm³/mol. The highest BCUT2D eigenvalue weighted by atomic mass is 16.5. The van der Waals surface area contributed by atoms with Crippen molar-refractivity contribution in [3.8, 4) is 0 Å². The molecule has 3 rings (SSSR count). The summed E-state index contributed by atoms with van der Waals surface area (Å²) >= 11 is 0. The highest BCUT2D eigenvalue weighted by Crippen LogP contribution is 2.48. The summed E-state index contributed by atoms with van der Waals surface area (Å²) in [6.45, 7) is 15.6. The lowest BCUT2D eigenvalue weighted by Crippen LogP contribution is -2.39. The van der Waals surface area contributed by atoms with E-state index in [4.69, 9.17) is 4.74 Å². The fourth-order valence-corrected chi connectivity index (χ4v) is 4.87. The summed E-state index contributed by atoms with van der Waals surface area (Å²) in [6, 6.07) is 0. The van der Waals surface area contributed by atoms with Gasteiger partial charge in [0.05, 0.1) is 19.8 Å². The molecule has 0 aromatic rings. The molecule has 3 aliphatic rings. The van der Waals surface area contributed by atoms with Crippen LogP contribution in [0.15, 0.2) is 48.6 Å². The molecule has 0 radical (unpaired) electrons. The van der Waals surface area contributed by atoms with Crippen molar-refractivity contribution in [1.29, 1.82) is 0 Å². The Morgan fingerprint density at radius 1 is 1.42 bits per heavy atom. The number of hydrogen-bond donors (Lipinski definition) is 1. The molecule has 0 bridgehead atoms. The lowest BCUT2D eigenvalue weighted by Gasteiger charge is -2.44. The summed E-state index contributed by atoms with van der Waals surface area (Å²) in [5, 5.41) is 9.96. The number of hydrogen-bond acceptors (Lipinski definition) is 3. The van der Waals surface area contributed by atoms with Crippen molar-refractivity contribution in [1.82, 2.24) is 4.90 Å². The Morgan fingerprint density at radius 2 is 2.19 bits per heavy atom. The topological polar surface area (TPSA) is 32.7 Å². The molecule has 144 valence electrons. The van der Waals surface area contributed by atoms with Crippen LogP contribution in [0, 0.1) is 23.2 Å². The zero-order chi connectivity index (χ0) is 18.6. The van der Waals surface area contributed by atoms with Gasteiger partial charge in [-0.3, -0.25) is 4.90 Å². The molecule has 1 N–H and O–H groups in total. The monoisotopic (exact) mass is 357 g/mol. The van der Waals surface area contributed by atoms with Gasteiger partial charge in [0, 0.05) is 25.0 Å². The minimum atomic E-state index is -0.129. The molecule has 26 heavy (non-hydrogen) atoms. The predicted octanol–water partition coefficient (Wildman–Crippen LogP) is 3.98. The Hall–Kier alpha value is -1.16. The Kier molecular flexibility index (Phi) is 6.55. The van der Waals surface area contributed by atoms with E-state index < -0.39 is 0 Å². The van der Waals surface area contributed by atoms with Crippen LogP contribution in [0.1, 0.15) is 32.6 Å². The highest BCUT2D eigenvalue weighted by molar-refractivity contribution is 5.30. The van der Waals surface area contributed by atoms with Gasteiger partial charge in [-0.25, -0.2) is 0 Å². The SMILES string of the molecule is C=C[C@]1(CO)CC[C@@H](C(=C)C)[C@H](C2=CCC(CN3CCOCC3)C=C2)C1. The molecule has 0 aromatic heterocycles. The Balaban J connectivity index is 1.66. The van der Waals surface area contributed by atoms with Crippen LogP contribution in [-0.2, 0) is 4.74 Å². The number of ether oxygens (including phenoxy) is 1. The second kappa shape index (κ2) is 8.69. The Labute approximate surface area is 159 Å². The molecule has 1 unspecified atom stereocenters. The smallest absolute Gasteiger partial charge is 0.0594 e. The summed E-state index contributed by atoms with van der Waals surface area (Å²) in [7, 11) is 0. The van der Waals surface area contributed by atoms with Crippen molar-refractivity contribution >= 4 is 0 Å². The number of aliphatic hydroxyl groups is 1. The molecule has 1 saturated heterocycles. The average molecular weight is 358 g/mol. The molecule has 0 spiro atoms. The van der Waals surface area contributed by atoms with Crippen molar-refractivity contribution in [2.24, 2.45) is 23.2 Å². The third kappa shape index (κ3) is 4.39. The quantitative estimate of drug-likeness (QED) is 0.730. The van der Waals surface area contributed by atoms with Crippen LogP contribution in [0.3, 0.4) is 0 Å².